The Morgan fingerprint density at radius 1 is 1.15 bits per heavy atom. The molecule has 1 atom stereocenters. The van der Waals surface area contributed by atoms with Crippen LogP contribution in [0.4, 0.5) is 8.78 Å². The number of halogens is 2. The van der Waals surface area contributed by atoms with E-state index in [4.69, 9.17) is 0 Å². The van der Waals surface area contributed by atoms with Crippen molar-refractivity contribution in [3.05, 3.63) is 64.5 Å². The fraction of sp³-hybridized carbons (Fsp3) is 0.312. The van der Waals surface area contributed by atoms with Crippen molar-refractivity contribution in [1.82, 2.24) is 10.3 Å². The number of nitrogens with one attached hydrogen (secondary N) is 1. The Bertz CT molecular complexity index is 611. The third-order valence-corrected chi connectivity index (χ3v) is 3.39. The lowest BCUT2D eigenvalue weighted by Crippen LogP contribution is -2.25. The van der Waals surface area contributed by atoms with Gasteiger partial charge in [-0.15, -0.1) is 0 Å². The van der Waals surface area contributed by atoms with E-state index >= 15 is 0 Å². The van der Waals surface area contributed by atoms with Gasteiger partial charge in [0, 0.05) is 18.0 Å². The monoisotopic (exact) mass is 276 g/mol. The summed E-state index contributed by atoms with van der Waals surface area (Å²) in [5.74, 6) is -1.03. The van der Waals surface area contributed by atoms with Crippen molar-refractivity contribution >= 4 is 0 Å². The molecular weight excluding hydrogens is 258 g/mol. The lowest BCUT2D eigenvalue weighted by molar-refractivity contribution is 0.505. The molecule has 1 unspecified atom stereocenters. The molecule has 1 aromatic carbocycles. The van der Waals surface area contributed by atoms with Gasteiger partial charge < -0.3 is 5.32 Å². The Labute approximate surface area is 117 Å². The van der Waals surface area contributed by atoms with Gasteiger partial charge >= 0.3 is 0 Å². The zero-order valence-corrected chi connectivity index (χ0v) is 11.9. The molecule has 0 spiro atoms. The van der Waals surface area contributed by atoms with E-state index in [1.54, 1.807) is 25.4 Å². The van der Waals surface area contributed by atoms with Crippen LogP contribution in [0.2, 0.25) is 0 Å². The summed E-state index contributed by atoms with van der Waals surface area (Å²) in [4.78, 5) is 4.03. The maximum absolute atomic E-state index is 14.4. The lowest BCUT2D eigenvalue weighted by Gasteiger charge is -2.22. The number of hydrogen-bond donors (Lipinski definition) is 1. The SMILES string of the molecule is CCNC(c1ccncc1C)c1c(F)ccc(C)c1F. The molecule has 1 N–H and O–H groups in total. The molecule has 20 heavy (non-hydrogen) atoms. The van der Waals surface area contributed by atoms with Gasteiger partial charge in [0.05, 0.1) is 6.04 Å². The lowest BCUT2D eigenvalue weighted by atomic mass is 9.94. The molecule has 0 amide bonds. The Morgan fingerprint density at radius 3 is 2.55 bits per heavy atom. The molecule has 1 aromatic heterocycles. The second kappa shape index (κ2) is 6.09. The van der Waals surface area contributed by atoms with Crippen molar-refractivity contribution in [2.24, 2.45) is 0 Å². The van der Waals surface area contributed by atoms with Crippen LogP contribution in [-0.2, 0) is 0 Å². The molecule has 0 radical (unpaired) electrons. The highest BCUT2D eigenvalue weighted by molar-refractivity contribution is 5.38. The van der Waals surface area contributed by atoms with E-state index in [1.807, 2.05) is 13.8 Å². The van der Waals surface area contributed by atoms with Gasteiger partial charge in [-0.1, -0.05) is 13.0 Å². The fourth-order valence-corrected chi connectivity index (χ4v) is 2.32. The van der Waals surface area contributed by atoms with Crippen molar-refractivity contribution < 1.29 is 8.78 Å². The van der Waals surface area contributed by atoms with Crippen molar-refractivity contribution in [2.75, 3.05) is 6.54 Å². The minimum atomic E-state index is -0.532. The summed E-state index contributed by atoms with van der Waals surface area (Å²) in [7, 11) is 0. The largest absolute Gasteiger partial charge is 0.306 e. The third kappa shape index (κ3) is 2.70. The van der Waals surface area contributed by atoms with Gasteiger partial charge in [-0.3, -0.25) is 4.98 Å². The van der Waals surface area contributed by atoms with Crippen LogP contribution in [0.25, 0.3) is 0 Å². The van der Waals surface area contributed by atoms with Crippen molar-refractivity contribution in [3.63, 3.8) is 0 Å². The van der Waals surface area contributed by atoms with Gasteiger partial charge in [0.2, 0.25) is 0 Å². The van der Waals surface area contributed by atoms with Crippen LogP contribution in [0.3, 0.4) is 0 Å². The first-order valence-electron chi connectivity index (χ1n) is 6.64. The number of rotatable bonds is 4. The minimum absolute atomic E-state index is 0.0705. The summed E-state index contributed by atoms with van der Waals surface area (Å²) in [6, 6.07) is 4.05. The van der Waals surface area contributed by atoms with Crippen LogP contribution >= 0.6 is 0 Å². The number of aromatic nitrogens is 1. The van der Waals surface area contributed by atoms with E-state index in [-0.39, 0.29) is 5.56 Å². The van der Waals surface area contributed by atoms with Gasteiger partial charge in [-0.05, 0) is 49.2 Å². The molecule has 0 aliphatic rings. The van der Waals surface area contributed by atoms with Crippen LogP contribution in [0.5, 0.6) is 0 Å². The summed E-state index contributed by atoms with van der Waals surface area (Å²) in [6.45, 7) is 6.05. The highest BCUT2D eigenvalue weighted by atomic mass is 19.1. The normalized spacial score (nSPS) is 12.4. The summed E-state index contributed by atoms with van der Waals surface area (Å²) >= 11 is 0. The summed E-state index contributed by atoms with van der Waals surface area (Å²) in [6.07, 6.45) is 3.34. The number of benzene rings is 1. The van der Waals surface area contributed by atoms with Crippen LogP contribution in [0, 0.1) is 25.5 Å². The zero-order valence-electron chi connectivity index (χ0n) is 11.9. The number of nitrogens with zero attached hydrogens (tertiary/aromatic N) is 1. The van der Waals surface area contributed by atoms with E-state index in [9.17, 15) is 8.78 Å². The van der Waals surface area contributed by atoms with Crippen LogP contribution in [0.1, 0.15) is 35.2 Å². The molecule has 106 valence electrons. The van der Waals surface area contributed by atoms with Gasteiger partial charge in [0.15, 0.2) is 0 Å². The van der Waals surface area contributed by atoms with Crippen LogP contribution in [-0.4, -0.2) is 11.5 Å². The quantitative estimate of drug-likeness (QED) is 0.921. The summed E-state index contributed by atoms with van der Waals surface area (Å²) in [5.41, 5.74) is 2.25. The van der Waals surface area contributed by atoms with E-state index in [1.165, 1.54) is 12.1 Å². The molecule has 0 aliphatic heterocycles. The maximum Gasteiger partial charge on any atom is 0.134 e. The smallest absolute Gasteiger partial charge is 0.134 e. The van der Waals surface area contributed by atoms with Crippen LogP contribution < -0.4 is 5.32 Å². The first-order chi connectivity index (χ1) is 9.56. The van der Waals surface area contributed by atoms with Gasteiger partial charge in [0.1, 0.15) is 11.6 Å². The highest BCUT2D eigenvalue weighted by Crippen LogP contribution is 2.29. The predicted molar refractivity (Wildman–Crippen MR) is 75.6 cm³/mol. The van der Waals surface area contributed by atoms with Gasteiger partial charge in [-0.2, -0.15) is 0 Å². The first-order valence-corrected chi connectivity index (χ1v) is 6.64. The molecule has 0 fully saturated rings. The fourth-order valence-electron chi connectivity index (χ4n) is 2.32. The molecular formula is C16H18F2N2. The Hall–Kier alpha value is -1.81. The molecule has 2 rings (SSSR count). The van der Waals surface area contributed by atoms with Gasteiger partial charge in [0.25, 0.3) is 0 Å². The van der Waals surface area contributed by atoms with E-state index < -0.39 is 17.7 Å². The van der Waals surface area contributed by atoms with Crippen molar-refractivity contribution in [3.8, 4) is 0 Å². The predicted octanol–water partition coefficient (Wildman–Crippen LogP) is 3.68. The van der Waals surface area contributed by atoms with Crippen molar-refractivity contribution in [1.29, 1.82) is 0 Å². The topological polar surface area (TPSA) is 24.9 Å². The number of aryl methyl sites for hydroxylation is 2. The molecule has 0 saturated carbocycles. The van der Waals surface area contributed by atoms with Crippen LogP contribution in [0.15, 0.2) is 30.6 Å². The Morgan fingerprint density at radius 2 is 1.90 bits per heavy atom. The molecule has 2 nitrogen and oxygen atoms in total. The third-order valence-electron chi connectivity index (χ3n) is 3.39. The van der Waals surface area contributed by atoms with Gasteiger partial charge in [-0.25, -0.2) is 8.78 Å². The summed E-state index contributed by atoms with van der Waals surface area (Å²) in [5, 5.41) is 3.16. The number of hydrogen-bond acceptors (Lipinski definition) is 2. The molecule has 0 saturated heterocycles. The summed E-state index contributed by atoms with van der Waals surface area (Å²) < 4.78 is 28.5. The number of pyridine rings is 1. The Kier molecular flexibility index (Phi) is 4.45. The maximum atomic E-state index is 14.4. The Balaban J connectivity index is 2.61. The molecule has 4 heteroatoms. The highest BCUT2D eigenvalue weighted by Gasteiger charge is 2.23. The average Bonchev–Trinajstić information content (AvgIpc) is 2.43. The van der Waals surface area contributed by atoms with E-state index in [2.05, 4.69) is 10.3 Å². The second-order valence-electron chi connectivity index (χ2n) is 4.81. The minimum Gasteiger partial charge on any atom is -0.306 e. The van der Waals surface area contributed by atoms with Crippen molar-refractivity contribution in [2.45, 2.75) is 26.8 Å². The zero-order chi connectivity index (χ0) is 14.7. The standard InChI is InChI=1S/C16H18F2N2/c1-4-20-16(12-7-8-19-9-11(12)3)14-13(17)6-5-10(2)15(14)18/h5-9,16,20H,4H2,1-3H3. The average molecular weight is 276 g/mol. The molecule has 0 bridgehead atoms. The molecule has 0 aliphatic carbocycles. The first kappa shape index (κ1) is 14.6. The molecule has 2 aromatic rings. The molecule has 1 heterocycles. The second-order valence-corrected chi connectivity index (χ2v) is 4.81. The van der Waals surface area contributed by atoms with E-state index in [0.29, 0.717) is 12.1 Å². The van der Waals surface area contributed by atoms with E-state index in [0.717, 1.165) is 11.1 Å².